The zero-order chi connectivity index (χ0) is 26.9. The molecule has 200 valence electrons. The van der Waals surface area contributed by atoms with Crippen LogP contribution in [0.15, 0.2) is 54.3 Å². The largest absolute Gasteiger partial charge is 0.508 e. The lowest BCUT2D eigenvalue weighted by atomic mass is 9.85. The average molecular weight is 520 g/mol. The number of carbonyl (C=O) groups excluding carboxylic acids is 1. The first-order valence-corrected chi connectivity index (χ1v) is 11.5. The number of aliphatic carboxylic acids is 1. The number of aliphatic hydroxyl groups is 4. The van der Waals surface area contributed by atoms with E-state index in [1.807, 2.05) is 0 Å². The molecular formula is C25H28O12. The van der Waals surface area contributed by atoms with Crippen LogP contribution >= 0.6 is 0 Å². The number of esters is 1. The molecule has 4 rings (SSSR count). The number of phenols is 1. The van der Waals surface area contributed by atoms with Crippen molar-refractivity contribution in [2.24, 2.45) is 11.8 Å². The molecular weight excluding hydrogens is 492 g/mol. The molecule has 9 atom stereocenters. The molecule has 3 aliphatic rings. The van der Waals surface area contributed by atoms with Gasteiger partial charge in [-0.1, -0.05) is 18.7 Å². The summed E-state index contributed by atoms with van der Waals surface area (Å²) in [4.78, 5) is 24.2. The minimum atomic E-state index is -1.72. The number of phenolic OH excluding ortho intramolecular Hbond substituents is 1. The lowest BCUT2D eigenvalue weighted by molar-refractivity contribution is -0.340. The van der Waals surface area contributed by atoms with E-state index in [1.54, 1.807) is 12.1 Å². The van der Waals surface area contributed by atoms with Gasteiger partial charge >= 0.3 is 11.9 Å². The zero-order valence-corrected chi connectivity index (χ0v) is 19.5. The van der Waals surface area contributed by atoms with Crippen molar-refractivity contribution in [2.75, 3.05) is 6.61 Å². The van der Waals surface area contributed by atoms with E-state index in [0.29, 0.717) is 5.56 Å². The second-order valence-corrected chi connectivity index (χ2v) is 9.01. The number of benzene rings is 1. The first-order valence-electron chi connectivity index (χ1n) is 11.5. The van der Waals surface area contributed by atoms with Gasteiger partial charge in [0.15, 0.2) is 6.10 Å². The Morgan fingerprint density at radius 3 is 2.46 bits per heavy atom. The van der Waals surface area contributed by atoms with Crippen LogP contribution < -0.4 is 0 Å². The molecule has 1 aromatic rings. The number of carboxylic acids is 1. The second-order valence-electron chi connectivity index (χ2n) is 9.01. The summed E-state index contributed by atoms with van der Waals surface area (Å²) >= 11 is 0. The fourth-order valence-corrected chi connectivity index (χ4v) is 4.69. The van der Waals surface area contributed by atoms with E-state index >= 15 is 0 Å². The van der Waals surface area contributed by atoms with Gasteiger partial charge < -0.3 is 49.6 Å². The van der Waals surface area contributed by atoms with Gasteiger partial charge in [0.05, 0.1) is 30.5 Å². The number of carbonyl (C=O) groups is 2. The van der Waals surface area contributed by atoms with Crippen LogP contribution in [0.2, 0.25) is 0 Å². The van der Waals surface area contributed by atoms with Gasteiger partial charge in [-0.2, -0.15) is 0 Å². The molecule has 1 saturated carbocycles. The minimum absolute atomic E-state index is 0.0459. The van der Waals surface area contributed by atoms with E-state index in [0.717, 1.165) is 12.3 Å². The fourth-order valence-electron chi connectivity index (χ4n) is 4.69. The molecule has 0 radical (unpaired) electrons. The van der Waals surface area contributed by atoms with Crippen LogP contribution in [0.5, 0.6) is 5.75 Å². The Balaban J connectivity index is 1.54. The summed E-state index contributed by atoms with van der Waals surface area (Å²) in [5, 5.41) is 59.7. The highest BCUT2D eigenvalue weighted by atomic mass is 16.8. The molecule has 0 bridgehead atoms. The third kappa shape index (κ3) is 5.54. The molecule has 0 aromatic heterocycles. The van der Waals surface area contributed by atoms with E-state index < -0.39 is 73.5 Å². The molecule has 2 fully saturated rings. The molecule has 12 heteroatoms. The van der Waals surface area contributed by atoms with Gasteiger partial charge in [0.1, 0.15) is 24.1 Å². The van der Waals surface area contributed by atoms with Crippen molar-refractivity contribution in [1.82, 2.24) is 0 Å². The molecule has 9 unspecified atom stereocenters. The normalized spacial score (nSPS) is 35.5. The predicted molar refractivity (Wildman–Crippen MR) is 123 cm³/mol. The standard InChI is InChI=1S/C25H28O12/c1-11-16(28)8-14-15(23(32)33)10-34-24(19(11)14)37-25-22(21(31)20(30)17(9-26)35-25)36-18(29)7-4-12-2-5-13(27)6-3-12/h2-7,10,14,16-17,19-22,24-28,30-31H,1,8-9H2,(H,32,33)/b7-4-. The molecule has 12 nitrogen and oxygen atoms in total. The number of fused-ring (bicyclic) bond motifs is 1. The average Bonchev–Trinajstić information content (AvgIpc) is 3.17. The zero-order valence-electron chi connectivity index (χ0n) is 19.5. The fraction of sp³-hybridized carbons (Fsp3) is 0.440. The highest BCUT2D eigenvalue weighted by Crippen LogP contribution is 2.46. The second kappa shape index (κ2) is 11.0. The molecule has 1 aliphatic carbocycles. The Morgan fingerprint density at radius 2 is 1.81 bits per heavy atom. The molecule has 2 heterocycles. The smallest absolute Gasteiger partial charge is 0.334 e. The van der Waals surface area contributed by atoms with Gasteiger partial charge in [0, 0.05) is 12.0 Å². The summed E-state index contributed by atoms with van der Waals surface area (Å²) < 4.78 is 22.3. The number of hydrogen-bond donors (Lipinski definition) is 6. The third-order valence-corrected chi connectivity index (χ3v) is 6.69. The van der Waals surface area contributed by atoms with Crippen LogP contribution in [0.1, 0.15) is 12.0 Å². The van der Waals surface area contributed by atoms with Gasteiger partial charge in [-0.3, -0.25) is 0 Å². The topological polar surface area (TPSA) is 192 Å². The van der Waals surface area contributed by atoms with Crippen molar-refractivity contribution in [3.8, 4) is 5.75 Å². The summed E-state index contributed by atoms with van der Waals surface area (Å²) in [5.41, 5.74) is 0.782. The van der Waals surface area contributed by atoms with Crippen molar-refractivity contribution >= 4 is 18.0 Å². The van der Waals surface area contributed by atoms with Crippen LogP contribution in [0.25, 0.3) is 6.08 Å². The first-order chi connectivity index (χ1) is 17.6. The molecule has 1 aromatic carbocycles. The Bertz CT molecular complexity index is 1080. The number of carboxylic acid groups (broad SMARTS) is 1. The molecule has 6 N–H and O–H groups in total. The van der Waals surface area contributed by atoms with Gasteiger partial charge in [-0.05, 0) is 35.8 Å². The predicted octanol–water partition coefficient (Wildman–Crippen LogP) is -0.349. The SMILES string of the molecule is C=C1C(O)CC2C(C(=O)O)=COC(OC3OC(CO)C(O)C(O)C3OC(=O)/C=C\c3ccc(O)cc3)C12. The molecule has 37 heavy (non-hydrogen) atoms. The first kappa shape index (κ1) is 26.8. The van der Waals surface area contributed by atoms with Crippen molar-refractivity contribution < 1.29 is 59.2 Å². The summed E-state index contributed by atoms with van der Waals surface area (Å²) in [6.45, 7) is 3.14. The Hall–Kier alpha value is -3.26. The number of rotatable bonds is 7. The van der Waals surface area contributed by atoms with Gasteiger partial charge in [-0.15, -0.1) is 0 Å². The van der Waals surface area contributed by atoms with Gasteiger partial charge in [0.2, 0.25) is 12.6 Å². The third-order valence-electron chi connectivity index (χ3n) is 6.69. The van der Waals surface area contributed by atoms with Crippen LogP contribution in [0.4, 0.5) is 0 Å². The Labute approximate surface area is 211 Å². The van der Waals surface area contributed by atoms with E-state index in [4.69, 9.17) is 18.9 Å². The molecule has 2 aliphatic heterocycles. The van der Waals surface area contributed by atoms with Crippen molar-refractivity contribution in [3.05, 3.63) is 59.9 Å². The van der Waals surface area contributed by atoms with E-state index in [1.165, 1.54) is 18.2 Å². The maximum atomic E-state index is 12.5. The lowest BCUT2D eigenvalue weighted by Crippen LogP contribution is -2.61. The monoisotopic (exact) mass is 520 g/mol. The molecule has 1 saturated heterocycles. The summed E-state index contributed by atoms with van der Waals surface area (Å²) in [6.07, 6.45) is -6.44. The van der Waals surface area contributed by atoms with Crippen LogP contribution in [0.3, 0.4) is 0 Å². The van der Waals surface area contributed by atoms with Gasteiger partial charge in [-0.25, -0.2) is 9.59 Å². The summed E-state index contributed by atoms with van der Waals surface area (Å²) in [5.74, 6) is -3.57. The van der Waals surface area contributed by atoms with Crippen molar-refractivity contribution in [1.29, 1.82) is 0 Å². The quantitative estimate of drug-likeness (QED) is 0.156. The van der Waals surface area contributed by atoms with E-state index in [2.05, 4.69) is 6.58 Å². The summed E-state index contributed by atoms with van der Waals surface area (Å²) in [6, 6.07) is 5.96. The summed E-state index contributed by atoms with van der Waals surface area (Å²) in [7, 11) is 0. The number of ether oxygens (including phenoxy) is 4. The number of hydrogen-bond acceptors (Lipinski definition) is 11. The van der Waals surface area contributed by atoms with E-state index in [-0.39, 0.29) is 23.3 Å². The molecule has 0 amide bonds. The number of aromatic hydroxyl groups is 1. The maximum Gasteiger partial charge on any atom is 0.334 e. The Morgan fingerprint density at radius 1 is 1.11 bits per heavy atom. The maximum absolute atomic E-state index is 12.5. The van der Waals surface area contributed by atoms with Crippen molar-refractivity contribution in [3.63, 3.8) is 0 Å². The lowest BCUT2D eigenvalue weighted by Gasteiger charge is -2.43. The highest BCUT2D eigenvalue weighted by molar-refractivity contribution is 5.88. The van der Waals surface area contributed by atoms with Crippen LogP contribution in [0, 0.1) is 11.8 Å². The van der Waals surface area contributed by atoms with Gasteiger partial charge in [0.25, 0.3) is 0 Å². The van der Waals surface area contributed by atoms with E-state index in [9.17, 15) is 40.2 Å². The van der Waals surface area contributed by atoms with Crippen LogP contribution in [-0.4, -0.2) is 92.3 Å². The molecule has 0 spiro atoms. The van der Waals surface area contributed by atoms with Crippen LogP contribution in [-0.2, 0) is 28.5 Å². The highest BCUT2D eigenvalue weighted by Gasteiger charge is 2.53. The Kier molecular flexibility index (Phi) is 7.97. The number of aliphatic hydroxyl groups excluding tert-OH is 4. The minimum Gasteiger partial charge on any atom is -0.508 e. The van der Waals surface area contributed by atoms with Crippen molar-refractivity contribution in [2.45, 2.75) is 49.5 Å².